The van der Waals surface area contributed by atoms with Gasteiger partial charge in [-0.1, -0.05) is 36.8 Å². The molecule has 100 valence electrons. The minimum atomic E-state index is 0.323. The molecular weight excluding hydrogens is 224 g/mol. The van der Waals surface area contributed by atoms with Crippen LogP contribution in [-0.4, -0.2) is 37.2 Å². The molecule has 1 aliphatic heterocycles. The molecule has 1 aromatic carbocycles. The summed E-state index contributed by atoms with van der Waals surface area (Å²) >= 11 is 0. The molecule has 18 heavy (non-hydrogen) atoms. The molecular formula is C15H24N2O. The number of benzene rings is 1. The van der Waals surface area contributed by atoms with E-state index in [0.717, 1.165) is 26.1 Å². The van der Waals surface area contributed by atoms with Gasteiger partial charge in [-0.2, -0.15) is 0 Å². The first kappa shape index (κ1) is 13.5. The Kier molecular flexibility index (Phi) is 4.75. The fourth-order valence-electron chi connectivity index (χ4n) is 2.56. The fraction of sp³-hybridized carbons (Fsp3) is 0.600. The molecule has 0 aliphatic carbocycles. The Balaban J connectivity index is 2.10. The number of hydrogen-bond acceptors (Lipinski definition) is 3. The van der Waals surface area contributed by atoms with Gasteiger partial charge in [0.1, 0.15) is 0 Å². The van der Waals surface area contributed by atoms with Crippen LogP contribution < -0.4 is 5.73 Å². The maximum Gasteiger partial charge on any atom is 0.0700 e. The molecule has 2 atom stereocenters. The molecule has 2 N–H and O–H groups in total. The first-order valence-electron chi connectivity index (χ1n) is 6.87. The molecule has 1 heterocycles. The van der Waals surface area contributed by atoms with Crippen molar-refractivity contribution in [2.45, 2.75) is 32.4 Å². The van der Waals surface area contributed by atoms with E-state index in [9.17, 15) is 0 Å². The standard InChI is InChI=1S/C15H24N2O/c1-3-14-11-17(8-9-18-14)15(10-16)13-6-4-12(2)5-7-13/h4-7,14-15H,3,8-11,16H2,1-2H3. The maximum absolute atomic E-state index is 5.98. The predicted octanol–water partition coefficient (Wildman–Crippen LogP) is 2.11. The molecule has 2 unspecified atom stereocenters. The summed E-state index contributed by atoms with van der Waals surface area (Å²) in [6.07, 6.45) is 1.43. The molecule has 0 bridgehead atoms. The van der Waals surface area contributed by atoms with Crippen molar-refractivity contribution in [3.05, 3.63) is 35.4 Å². The van der Waals surface area contributed by atoms with Gasteiger partial charge < -0.3 is 10.5 Å². The van der Waals surface area contributed by atoms with Crippen LogP contribution in [0.2, 0.25) is 0 Å². The van der Waals surface area contributed by atoms with Crippen molar-refractivity contribution in [1.29, 1.82) is 0 Å². The molecule has 1 aromatic rings. The lowest BCUT2D eigenvalue weighted by Crippen LogP contribution is -2.45. The molecule has 0 spiro atoms. The second-order valence-electron chi connectivity index (χ2n) is 5.06. The Labute approximate surface area is 110 Å². The van der Waals surface area contributed by atoms with E-state index >= 15 is 0 Å². The summed E-state index contributed by atoms with van der Waals surface area (Å²) < 4.78 is 5.72. The molecule has 1 aliphatic rings. The minimum absolute atomic E-state index is 0.323. The topological polar surface area (TPSA) is 38.5 Å². The van der Waals surface area contributed by atoms with Crippen molar-refractivity contribution < 1.29 is 4.74 Å². The van der Waals surface area contributed by atoms with Crippen LogP contribution >= 0.6 is 0 Å². The number of morpholine rings is 1. The Bertz CT molecular complexity index is 363. The molecule has 0 aromatic heterocycles. The van der Waals surface area contributed by atoms with E-state index in [1.54, 1.807) is 0 Å². The quantitative estimate of drug-likeness (QED) is 0.887. The zero-order chi connectivity index (χ0) is 13.0. The van der Waals surface area contributed by atoms with Gasteiger partial charge >= 0.3 is 0 Å². The number of aryl methyl sites for hydroxylation is 1. The second kappa shape index (κ2) is 6.32. The smallest absolute Gasteiger partial charge is 0.0700 e. The lowest BCUT2D eigenvalue weighted by molar-refractivity contribution is -0.0437. The van der Waals surface area contributed by atoms with E-state index in [4.69, 9.17) is 10.5 Å². The van der Waals surface area contributed by atoms with E-state index in [1.165, 1.54) is 11.1 Å². The zero-order valence-corrected chi connectivity index (χ0v) is 11.4. The van der Waals surface area contributed by atoms with E-state index in [-0.39, 0.29) is 0 Å². The molecule has 1 saturated heterocycles. The number of ether oxygens (including phenoxy) is 1. The number of nitrogens with zero attached hydrogens (tertiary/aromatic N) is 1. The highest BCUT2D eigenvalue weighted by atomic mass is 16.5. The minimum Gasteiger partial charge on any atom is -0.376 e. The Hall–Kier alpha value is -0.900. The number of rotatable bonds is 4. The molecule has 0 saturated carbocycles. The van der Waals surface area contributed by atoms with Gasteiger partial charge in [-0.3, -0.25) is 4.90 Å². The lowest BCUT2D eigenvalue weighted by Gasteiger charge is -2.37. The first-order valence-corrected chi connectivity index (χ1v) is 6.87. The van der Waals surface area contributed by atoms with Crippen LogP contribution in [0.25, 0.3) is 0 Å². The zero-order valence-electron chi connectivity index (χ0n) is 11.4. The normalized spacial score (nSPS) is 22.9. The van der Waals surface area contributed by atoms with Gasteiger partial charge in [-0.15, -0.1) is 0 Å². The van der Waals surface area contributed by atoms with E-state index in [1.807, 2.05) is 0 Å². The highest BCUT2D eigenvalue weighted by molar-refractivity contribution is 5.24. The lowest BCUT2D eigenvalue weighted by atomic mass is 10.0. The SMILES string of the molecule is CCC1CN(C(CN)c2ccc(C)cc2)CCO1. The van der Waals surface area contributed by atoms with Gasteiger partial charge in [-0.25, -0.2) is 0 Å². The van der Waals surface area contributed by atoms with Crippen LogP contribution in [0.4, 0.5) is 0 Å². The van der Waals surface area contributed by atoms with Gasteiger partial charge in [0.05, 0.1) is 12.7 Å². The van der Waals surface area contributed by atoms with Crippen LogP contribution in [0.1, 0.15) is 30.5 Å². The van der Waals surface area contributed by atoms with Gasteiger partial charge in [0.2, 0.25) is 0 Å². The Morgan fingerprint density at radius 1 is 1.39 bits per heavy atom. The molecule has 0 radical (unpaired) electrons. The summed E-state index contributed by atoms with van der Waals surface area (Å²) in [4.78, 5) is 2.46. The summed E-state index contributed by atoms with van der Waals surface area (Å²) in [6, 6.07) is 9.04. The van der Waals surface area contributed by atoms with Gasteiger partial charge in [0.25, 0.3) is 0 Å². The molecule has 3 nitrogen and oxygen atoms in total. The third-order valence-corrected chi connectivity index (χ3v) is 3.75. The maximum atomic E-state index is 5.98. The van der Waals surface area contributed by atoms with Crippen molar-refractivity contribution in [1.82, 2.24) is 4.90 Å². The van der Waals surface area contributed by atoms with Crippen LogP contribution in [0.3, 0.4) is 0 Å². The van der Waals surface area contributed by atoms with Gasteiger partial charge in [-0.05, 0) is 18.9 Å². The average molecular weight is 248 g/mol. The molecule has 2 rings (SSSR count). The summed E-state index contributed by atoms with van der Waals surface area (Å²) in [7, 11) is 0. The van der Waals surface area contributed by atoms with Crippen LogP contribution in [0.5, 0.6) is 0 Å². The number of hydrogen-bond donors (Lipinski definition) is 1. The molecule has 1 fully saturated rings. The second-order valence-corrected chi connectivity index (χ2v) is 5.06. The Morgan fingerprint density at radius 2 is 2.11 bits per heavy atom. The third kappa shape index (κ3) is 3.10. The van der Waals surface area contributed by atoms with Crippen molar-refractivity contribution >= 4 is 0 Å². The fourth-order valence-corrected chi connectivity index (χ4v) is 2.56. The largest absolute Gasteiger partial charge is 0.376 e. The predicted molar refractivity (Wildman–Crippen MR) is 74.6 cm³/mol. The molecule has 3 heteroatoms. The molecule has 0 amide bonds. The van der Waals surface area contributed by atoms with Crippen molar-refractivity contribution in [3.63, 3.8) is 0 Å². The summed E-state index contributed by atoms with van der Waals surface area (Å²) in [5, 5.41) is 0. The van der Waals surface area contributed by atoms with E-state index in [0.29, 0.717) is 18.7 Å². The van der Waals surface area contributed by atoms with E-state index < -0.39 is 0 Å². The first-order chi connectivity index (χ1) is 8.74. The van der Waals surface area contributed by atoms with Crippen molar-refractivity contribution in [3.8, 4) is 0 Å². The summed E-state index contributed by atoms with van der Waals surface area (Å²) in [5.74, 6) is 0. The van der Waals surface area contributed by atoms with Crippen LogP contribution in [0, 0.1) is 6.92 Å². The van der Waals surface area contributed by atoms with E-state index in [2.05, 4.69) is 43.0 Å². The van der Waals surface area contributed by atoms with Crippen LogP contribution in [0.15, 0.2) is 24.3 Å². The average Bonchev–Trinajstić information content (AvgIpc) is 2.42. The third-order valence-electron chi connectivity index (χ3n) is 3.75. The van der Waals surface area contributed by atoms with Gasteiger partial charge in [0.15, 0.2) is 0 Å². The monoisotopic (exact) mass is 248 g/mol. The van der Waals surface area contributed by atoms with Gasteiger partial charge in [0, 0.05) is 25.7 Å². The number of nitrogens with two attached hydrogens (primary N) is 1. The van der Waals surface area contributed by atoms with Crippen molar-refractivity contribution in [2.24, 2.45) is 5.73 Å². The summed E-state index contributed by atoms with van der Waals surface area (Å²) in [6.45, 7) is 7.75. The summed E-state index contributed by atoms with van der Waals surface area (Å²) in [5.41, 5.74) is 8.59. The highest BCUT2D eigenvalue weighted by Crippen LogP contribution is 2.23. The van der Waals surface area contributed by atoms with Crippen molar-refractivity contribution in [2.75, 3.05) is 26.2 Å². The van der Waals surface area contributed by atoms with Crippen LogP contribution in [-0.2, 0) is 4.74 Å². The Morgan fingerprint density at radius 3 is 2.72 bits per heavy atom. The highest BCUT2D eigenvalue weighted by Gasteiger charge is 2.25.